The van der Waals surface area contributed by atoms with Crippen molar-refractivity contribution in [1.29, 1.82) is 0 Å². The Hall–Kier alpha value is -1.43. The highest BCUT2D eigenvalue weighted by atomic mass is 16.4. The van der Waals surface area contributed by atoms with Crippen LogP contribution in [-0.2, 0) is 6.54 Å². The van der Waals surface area contributed by atoms with Crippen molar-refractivity contribution in [2.75, 3.05) is 13.1 Å². The molecule has 6 nitrogen and oxygen atoms in total. The van der Waals surface area contributed by atoms with Crippen LogP contribution in [0, 0.1) is 0 Å². The Morgan fingerprint density at radius 3 is 2.61 bits per heavy atom. The van der Waals surface area contributed by atoms with Gasteiger partial charge in [0.25, 0.3) is 0 Å². The molecule has 2 heterocycles. The van der Waals surface area contributed by atoms with Crippen molar-refractivity contribution in [1.82, 2.24) is 19.9 Å². The first kappa shape index (κ1) is 13.0. The zero-order chi connectivity index (χ0) is 13.0. The minimum absolute atomic E-state index is 0.0121. The second kappa shape index (κ2) is 5.95. The van der Waals surface area contributed by atoms with Crippen LogP contribution in [0.25, 0.3) is 0 Å². The first-order valence-electron chi connectivity index (χ1n) is 6.54. The van der Waals surface area contributed by atoms with E-state index < -0.39 is 5.97 Å². The van der Waals surface area contributed by atoms with Gasteiger partial charge in [-0.05, 0) is 32.9 Å². The predicted octanol–water partition coefficient (Wildman–Crippen LogP) is 1.24. The molecule has 1 aliphatic rings. The monoisotopic (exact) mass is 252 g/mol. The third-order valence-electron chi connectivity index (χ3n) is 3.47. The summed E-state index contributed by atoms with van der Waals surface area (Å²) in [5.41, 5.74) is 0.0121. The van der Waals surface area contributed by atoms with E-state index in [0.29, 0.717) is 12.6 Å². The second-order valence-electron chi connectivity index (χ2n) is 4.93. The lowest BCUT2D eigenvalue weighted by Crippen LogP contribution is -2.37. The van der Waals surface area contributed by atoms with Crippen LogP contribution in [0.2, 0.25) is 0 Å². The van der Waals surface area contributed by atoms with E-state index in [-0.39, 0.29) is 5.69 Å². The van der Waals surface area contributed by atoms with Gasteiger partial charge in [-0.2, -0.15) is 0 Å². The van der Waals surface area contributed by atoms with Gasteiger partial charge in [-0.3, -0.25) is 9.58 Å². The van der Waals surface area contributed by atoms with E-state index in [1.165, 1.54) is 31.9 Å². The topological polar surface area (TPSA) is 71.2 Å². The lowest BCUT2D eigenvalue weighted by atomic mass is 10.2. The lowest BCUT2D eigenvalue weighted by molar-refractivity contribution is 0.0690. The van der Waals surface area contributed by atoms with Gasteiger partial charge in [0.15, 0.2) is 5.69 Å². The van der Waals surface area contributed by atoms with Gasteiger partial charge in [-0.25, -0.2) is 4.79 Å². The number of nitrogens with zero attached hydrogens (tertiary/aromatic N) is 4. The smallest absolute Gasteiger partial charge is 0.358 e. The summed E-state index contributed by atoms with van der Waals surface area (Å²) >= 11 is 0. The highest BCUT2D eigenvalue weighted by Gasteiger charge is 2.17. The summed E-state index contributed by atoms with van der Waals surface area (Å²) < 4.78 is 1.62. The van der Waals surface area contributed by atoms with Crippen molar-refractivity contribution in [3.05, 3.63) is 11.9 Å². The molecule has 0 spiro atoms. The molecule has 18 heavy (non-hydrogen) atoms. The molecule has 1 saturated heterocycles. The third-order valence-corrected chi connectivity index (χ3v) is 3.47. The molecule has 0 aliphatic carbocycles. The summed E-state index contributed by atoms with van der Waals surface area (Å²) in [5.74, 6) is -1.02. The van der Waals surface area contributed by atoms with E-state index in [9.17, 15) is 4.79 Å². The molecule has 0 aromatic carbocycles. The predicted molar refractivity (Wildman–Crippen MR) is 66.5 cm³/mol. The molecule has 1 aromatic rings. The molecular weight excluding hydrogens is 232 g/mol. The van der Waals surface area contributed by atoms with Crippen LogP contribution >= 0.6 is 0 Å². The average Bonchev–Trinajstić information content (AvgIpc) is 2.64. The fourth-order valence-corrected chi connectivity index (χ4v) is 2.41. The largest absolute Gasteiger partial charge is 0.476 e. The molecule has 1 N–H and O–H groups in total. The van der Waals surface area contributed by atoms with Crippen LogP contribution in [0.3, 0.4) is 0 Å². The van der Waals surface area contributed by atoms with Gasteiger partial charge in [0.2, 0.25) is 0 Å². The second-order valence-corrected chi connectivity index (χ2v) is 4.93. The van der Waals surface area contributed by atoms with Gasteiger partial charge in [-0.1, -0.05) is 18.1 Å². The quantitative estimate of drug-likeness (QED) is 0.873. The Kier molecular flexibility index (Phi) is 4.30. The fraction of sp³-hybridized carbons (Fsp3) is 0.750. The molecule has 1 aromatic heterocycles. The summed E-state index contributed by atoms with van der Waals surface area (Å²) in [7, 11) is 0. The number of carboxylic acids is 1. The molecule has 0 saturated carbocycles. The molecule has 1 aliphatic heterocycles. The molecule has 1 fully saturated rings. The average molecular weight is 252 g/mol. The molecule has 1 unspecified atom stereocenters. The highest BCUT2D eigenvalue weighted by Crippen LogP contribution is 2.13. The molecule has 1 atom stereocenters. The van der Waals surface area contributed by atoms with Crippen molar-refractivity contribution >= 4 is 5.97 Å². The van der Waals surface area contributed by atoms with Gasteiger partial charge in [0, 0.05) is 6.04 Å². The summed E-state index contributed by atoms with van der Waals surface area (Å²) in [6.45, 7) is 5.11. The van der Waals surface area contributed by atoms with Crippen molar-refractivity contribution in [3.8, 4) is 0 Å². The maximum Gasteiger partial charge on any atom is 0.358 e. The zero-order valence-electron chi connectivity index (χ0n) is 10.7. The summed E-state index contributed by atoms with van der Waals surface area (Å²) in [6, 6.07) is 0.367. The van der Waals surface area contributed by atoms with E-state index >= 15 is 0 Å². The number of hydrogen-bond donors (Lipinski definition) is 1. The number of hydrogen-bond acceptors (Lipinski definition) is 4. The van der Waals surface area contributed by atoms with Gasteiger partial charge in [0.1, 0.15) is 0 Å². The maximum absolute atomic E-state index is 10.7. The van der Waals surface area contributed by atoms with Crippen LogP contribution in [0.1, 0.15) is 43.1 Å². The van der Waals surface area contributed by atoms with E-state index in [1.54, 1.807) is 4.68 Å². The van der Waals surface area contributed by atoms with Crippen molar-refractivity contribution in [2.24, 2.45) is 0 Å². The summed E-state index contributed by atoms with van der Waals surface area (Å²) in [5, 5.41) is 16.3. The fourth-order valence-electron chi connectivity index (χ4n) is 2.41. The van der Waals surface area contributed by atoms with Crippen LogP contribution in [0.15, 0.2) is 6.20 Å². The first-order valence-corrected chi connectivity index (χ1v) is 6.54. The molecule has 100 valence electrons. The van der Waals surface area contributed by atoms with Crippen LogP contribution < -0.4 is 0 Å². The summed E-state index contributed by atoms with van der Waals surface area (Å²) in [6.07, 6.45) is 6.63. The molecular formula is C12H20N4O2. The maximum atomic E-state index is 10.7. The normalized spacial score (nSPS) is 19.4. The Balaban J connectivity index is 1.92. The van der Waals surface area contributed by atoms with E-state index in [0.717, 1.165) is 13.1 Å². The number of rotatable bonds is 4. The Labute approximate surface area is 107 Å². The number of carbonyl (C=O) groups is 1. The Morgan fingerprint density at radius 1 is 1.39 bits per heavy atom. The van der Waals surface area contributed by atoms with Crippen molar-refractivity contribution < 1.29 is 9.90 Å². The minimum Gasteiger partial charge on any atom is -0.476 e. The third kappa shape index (κ3) is 3.29. The molecule has 0 bridgehead atoms. The molecule has 6 heteroatoms. The van der Waals surface area contributed by atoms with Gasteiger partial charge < -0.3 is 5.11 Å². The molecule has 0 radical (unpaired) electrons. The standard InChI is InChI=1S/C12H20N4O2/c1-10(15-6-4-2-3-5-7-15)8-16-9-11(12(17)18)13-14-16/h9-10H,2-8H2,1H3,(H,17,18). The number of carboxylic acid groups (broad SMARTS) is 1. The van der Waals surface area contributed by atoms with Crippen LogP contribution in [0.4, 0.5) is 0 Å². The van der Waals surface area contributed by atoms with Gasteiger partial charge in [0.05, 0.1) is 12.7 Å². The number of likely N-dealkylation sites (tertiary alicyclic amines) is 1. The van der Waals surface area contributed by atoms with Crippen LogP contribution in [-0.4, -0.2) is 50.1 Å². The van der Waals surface area contributed by atoms with E-state index in [2.05, 4.69) is 22.1 Å². The highest BCUT2D eigenvalue weighted by molar-refractivity contribution is 5.84. The van der Waals surface area contributed by atoms with Crippen LogP contribution in [0.5, 0.6) is 0 Å². The van der Waals surface area contributed by atoms with Crippen molar-refractivity contribution in [2.45, 2.75) is 45.2 Å². The first-order chi connectivity index (χ1) is 8.66. The zero-order valence-corrected chi connectivity index (χ0v) is 10.7. The van der Waals surface area contributed by atoms with E-state index in [4.69, 9.17) is 5.11 Å². The Morgan fingerprint density at radius 2 is 2.06 bits per heavy atom. The number of aromatic carboxylic acids is 1. The minimum atomic E-state index is -1.02. The van der Waals surface area contributed by atoms with E-state index in [1.807, 2.05) is 0 Å². The van der Waals surface area contributed by atoms with Crippen molar-refractivity contribution in [3.63, 3.8) is 0 Å². The SMILES string of the molecule is CC(Cn1cc(C(=O)O)nn1)N1CCCCCC1. The van der Waals surface area contributed by atoms with Gasteiger partial charge >= 0.3 is 5.97 Å². The molecule has 2 rings (SSSR count). The lowest BCUT2D eigenvalue weighted by Gasteiger charge is -2.27. The number of aromatic nitrogens is 3. The Bertz CT molecular complexity index is 397. The molecule has 0 amide bonds. The summed E-state index contributed by atoms with van der Waals surface area (Å²) in [4.78, 5) is 13.2. The van der Waals surface area contributed by atoms with Gasteiger partial charge in [-0.15, -0.1) is 5.10 Å².